The third-order valence-electron chi connectivity index (χ3n) is 1.52. The maximum absolute atomic E-state index is 11.5. The van der Waals surface area contributed by atoms with Gasteiger partial charge in [-0.05, 0) is 20.3 Å². The zero-order valence-electron chi connectivity index (χ0n) is 8.24. The molecule has 0 fully saturated rings. The molecule has 0 bridgehead atoms. The van der Waals surface area contributed by atoms with Crippen molar-refractivity contribution in [1.82, 2.24) is 0 Å². The summed E-state index contributed by atoms with van der Waals surface area (Å²) in [5, 5.41) is 7.67. The molecule has 0 saturated heterocycles. The smallest absolute Gasteiger partial charge is 0.168 e. The summed E-state index contributed by atoms with van der Waals surface area (Å²) < 4.78 is 23.0. The first-order valence-electron chi connectivity index (χ1n) is 4.13. The van der Waals surface area contributed by atoms with E-state index in [0.717, 1.165) is 0 Å². The van der Waals surface area contributed by atoms with E-state index in [-0.39, 0.29) is 5.75 Å². The van der Waals surface area contributed by atoms with Crippen LogP contribution in [0.1, 0.15) is 27.2 Å². The highest BCUT2D eigenvalue weighted by molar-refractivity contribution is 7.92. The van der Waals surface area contributed by atoms with Crippen molar-refractivity contribution in [2.45, 2.75) is 38.0 Å². The van der Waals surface area contributed by atoms with Crippen molar-refractivity contribution in [3.63, 3.8) is 0 Å². The Balaban J connectivity index is 4.71. The van der Waals surface area contributed by atoms with Gasteiger partial charge < -0.3 is 5.73 Å². The fourth-order valence-electron chi connectivity index (χ4n) is 1.04. The van der Waals surface area contributed by atoms with Gasteiger partial charge in [-0.1, -0.05) is 6.92 Å². The van der Waals surface area contributed by atoms with Gasteiger partial charge in [-0.2, -0.15) is 5.26 Å². The van der Waals surface area contributed by atoms with Gasteiger partial charge in [-0.15, -0.1) is 0 Å². The minimum absolute atomic E-state index is 0.147. The van der Waals surface area contributed by atoms with Crippen LogP contribution < -0.4 is 5.73 Å². The molecule has 0 aliphatic rings. The van der Waals surface area contributed by atoms with Gasteiger partial charge in [0.1, 0.15) is 5.25 Å². The Kier molecular flexibility index (Phi) is 3.88. The summed E-state index contributed by atoms with van der Waals surface area (Å²) in [4.78, 5) is 0. The lowest BCUT2D eigenvalue weighted by molar-refractivity contribution is 0.539. The highest BCUT2D eigenvalue weighted by Gasteiger charge is 2.29. The van der Waals surface area contributed by atoms with Crippen LogP contribution in [0.3, 0.4) is 0 Å². The molecule has 0 aromatic heterocycles. The molecule has 0 aliphatic carbocycles. The van der Waals surface area contributed by atoms with Crippen LogP contribution in [0.15, 0.2) is 0 Å². The average molecular weight is 204 g/mol. The van der Waals surface area contributed by atoms with E-state index in [2.05, 4.69) is 0 Å². The zero-order valence-corrected chi connectivity index (χ0v) is 9.06. The summed E-state index contributed by atoms with van der Waals surface area (Å²) in [6.45, 7) is 4.94. The Hall–Kier alpha value is -0.600. The Morgan fingerprint density at radius 3 is 2.23 bits per heavy atom. The van der Waals surface area contributed by atoms with Crippen molar-refractivity contribution in [2.75, 3.05) is 5.75 Å². The quantitative estimate of drug-likeness (QED) is 0.720. The van der Waals surface area contributed by atoms with Gasteiger partial charge in [0.25, 0.3) is 0 Å². The van der Waals surface area contributed by atoms with Crippen LogP contribution >= 0.6 is 0 Å². The third kappa shape index (κ3) is 4.25. The Labute approximate surface area is 79.7 Å². The Bertz CT molecular complexity index is 295. The van der Waals surface area contributed by atoms with E-state index in [1.807, 2.05) is 0 Å². The van der Waals surface area contributed by atoms with E-state index in [0.29, 0.717) is 6.42 Å². The molecule has 0 saturated carbocycles. The highest BCUT2D eigenvalue weighted by Crippen LogP contribution is 2.11. The fourth-order valence-corrected chi connectivity index (χ4v) is 2.95. The monoisotopic (exact) mass is 204 g/mol. The van der Waals surface area contributed by atoms with E-state index in [1.54, 1.807) is 26.8 Å². The van der Waals surface area contributed by atoms with Crippen molar-refractivity contribution >= 4 is 9.84 Å². The topological polar surface area (TPSA) is 84.0 Å². The van der Waals surface area contributed by atoms with E-state index in [1.165, 1.54) is 0 Å². The van der Waals surface area contributed by atoms with E-state index in [4.69, 9.17) is 11.0 Å². The van der Waals surface area contributed by atoms with E-state index >= 15 is 0 Å². The van der Waals surface area contributed by atoms with Crippen LogP contribution in [0.2, 0.25) is 0 Å². The van der Waals surface area contributed by atoms with Gasteiger partial charge in [-0.3, -0.25) is 0 Å². The summed E-state index contributed by atoms with van der Waals surface area (Å²) in [6, 6.07) is 1.77. The third-order valence-corrected chi connectivity index (χ3v) is 3.97. The van der Waals surface area contributed by atoms with Crippen molar-refractivity contribution in [3.05, 3.63) is 0 Å². The molecule has 5 heteroatoms. The standard InChI is InChI=1S/C8H16N2O2S/c1-4-7(5-9)13(11,12)6-8(2,3)10/h7H,4,6,10H2,1-3H3. The second-order valence-electron chi connectivity index (χ2n) is 3.82. The molecule has 0 aromatic rings. The molecular weight excluding hydrogens is 188 g/mol. The summed E-state index contributed by atoms with van der Waals surface area (Å²) in [5.74, 6) is -0.147. The average Bonchev–Trinajstić information content (AvgIpc) is 1.83. The second-order valence-corrected chi connectivity index (χ2v) is 6.01. The van der Waals surface area contributed by atoms with Crippen LogP contribution in [0, 0.1) is 11.3 Å². The molecule has 0 aromatic carbocycles. The van der Waals surface area contributed by atoms with Gasteiger partial charge in [0.05, 0.1) is 11.8 Å². The number of hydrogen-bond acceptors (Lipinski definition) is 4. The van der Waals surface area contributed by atoms with Crippen LogP contribution in [0.25, 0.3) is 0 Å². The number of nitrogens with two attached hydrogens (primary N) is 1. The lowest BCUT2D eigenvalue weighted by Crippen LogP contribution is -2.42. The predicted octanol–water partition coefficient (Wildman–Crippen LogP) is 0.441. The molecule has 13 heavy (non-hydrogen) atoms. The largest absolute Gasteiger partial charge is 0.325 e. The van der Waals surface area contributed by atoms with Crippen molar-refractivity contribution < 1.29 is 8.42 Å². The first-order valence-corrected chi connectivity index (χ1v) is 5.84. The number of hydrogen-bond donors (Lipinski definition) is 1. The first-order chi connectivity index (χ1) is 5.73. The lowest BCUT2D eigenvalue weighted by Gasteiger charge is -2.19. The first kappa shape index (κ1) is 12.4. The molecule has 2 N–H and O–H groups in total. The zero-order chi connectivity index (χ0) is 10.7. The fraction of sp³-hybridized carbons (Fsp3) is 0.875. The van der Waals surface area contributed by atoms with Gasteiger partial charge in [-0.25, -0.2) is 8.42 Å². The molecule has 0 radical (unpaired) electrons. The number of rotatable bonds is 4. The summed E-state index contributed by atoms with van der Waals surface area (Å²) in [5.41, 5.74) is 4.81. The van der Waals surface area contributed by atoms with Gasteiger partial charge in [0.15, 0.2) is 9.84 Å². The summed E-state index contributed by atoms with van der Waals surface area (Å²) in [7, 11) is -3.37. The lowest BCUT2D eigenvalue weighted by atomic mass is 10.1. The van der Waals surface area contributed by atoms with Crippen molar-refractivity contribution in [3.8, 4) is 6.07 Å². The molecule has 4 nitrogen and oxygen atoms in total. The van der Waals surface area contributed by atoms with Crippen LogP contribution in [-0.4, -0.2) is 25.0 Å². The van der Waals surface area contributed by atoms with Crippen molar-refractivity contribution in [1.29, 1.82) is 5.26 Å². The van der Waals surface area contributed by atoms with Crippen LogP contribution in [-0.2, 0) is 9.84 Å². The van der Waals surface area contributed by atoms with E-state index < -0.39 is 20.6 Å². The van der Waals surface area contributed by atoms with Gasteiger partial charge in [0.2, 0.25) is 0 Å². The number of sulfone groups is 1. The molecule has 0 heterocycles. The summed E-state index contributed by atoms with van der Waals surface area (Å²) >= 11 is 0. The normalized spacial score (nSPS) is 15.0. The molecule has 0 spiro atoms. The van der Waals surface area contributed by atoms with Crippen LogP contribution in [0.5, 0.6) is 0 Å². The maximum atomic E-state index is 11.5. The number of nitriles is 1. The highest BCUT2D eigenvalue weighted by atomic mass is 32.2. The second kappa shape index (κ2) is 4.07. The minimum atomic E-state index is -3.37. The number of nitrogens with zero attached hydrogens (tertiary/aromatic N) is 1. The summed E-state index contributed by atoms with van der Waals surface area (Å²) in [6.07, 6.45) is 0.314. The predicted molar refractivity (Wildman–Crippen MR) is 51.7 cm³/mol. The molecular formula is C8H16N2O2S. The molecule has 1 atom stereocenters. The molecule has 1 unspecified atom stereocenters. The van der Waals surface area contributed by atoms with Crippen molar-refractivity contribution in [2.24, 2.45) is 5.73 Å². The molecule has 0 amide bonds. The Morgan fingerprint density at radius 1 is 1.54 bits per heavy atom. The van der Waals surface area contributed by atoms with Crippen LogP contribution in [0.4, 0.5) is 0 Å². The van der Waals surface area contributed by atoms with Gasteiger partial charge >= 0.3 is 0 Å². The molecule has 76 valence electrons. The minimum Gasteiger partial charge on any atom is -0.325 e. The SMILES string of the molecule is CCC(C#N)S(=O)(=O)CC(C)(C)N. The maximum Gasteiger partial charge on any atom is 0.168 e. The van der Waals surface area contributed by atoms with E-state index in [9.17, 15) is 8.42 Å². The molecule has 0 aliphatic heterocycles. The van der Waals surface area contributed by atoms with Gasteiger partial charge in [0, 0.05) is 5.54 Å². The molecule has 0 rings (SSSR count). The Morgan fingerprint density at radius 2 is 2.00 bits per heavy atom.